The van der Waals surface area contributed by atoms with Gasteiger partial charge < -0.3 is 20.4 Å². The van der Waals surface area contributed by atoms with Gasteiger partial charge in [0.2, 0.25) is 5.91 Å². The minimum Gasteiger partial charge on any atom is -0.341 e. The van der Waals surface area contributed by atoms with Crippen LogP contribution in [0.15, 0.2) is 30.5 Å². The third kappa shape index (κ3) is 5.15. The Bertz CT molecular complexity index is 1100. The Kier molecular flexibility index (Phi) is 7.07. The lowest BCUT2D eigenvalue weighted by Gasteiger charge is -2.41. The van der Waals surface area contributed by atoms with Crippen molar-refractivity contribution < 1.29 is 14.4 Å². The van der Waals surface area contributed by atoms with E-state index in [1.165, 1.54) is 0 Å². The number of rotatable bonds is 6. The number of carbonyl (C=O) groups excluding carboxylic acids is 3. The van der Waals surface area contributed by atoms with Crippen LogP contribution in [-0.4, -0.2) is 62.5 Å². The minimum atomic E-state index is -0.681. The van der Waals surface area contributed by atoms with Gasteiger partial charge in [-0.15, -0.1) is 0 Å². The van der Waals surface area contributed by atoms with E-state index in [-0.39, 0.29) is 18.0 Å². The van der Waals surface area contributed by atoms with Crippen LogP contribution < -0.4 is 10.6 Å². The largest absolute Gasteiger partial charge is 0.341 e. The Balaban J connectivity index is 1.38. The van der Waals surface area contributed by atoms with Crippen LogP contribution in [0, 0.1) is 12.3 Å². The Morgan fingerprint density at radius 3 is 2.46 bits per heavy atom. The molecule has 3 heterocycles. The van der Waals surface area contributed by atoms with E-state index < -0.39 is 17.5 Å². The molecule has 1 atom stereocenters. The fourth-order valence-corrected chi connectivity index (χ4v) is 4.85. The third-order valence-corrected chi connectivity index (χ3v) is 7.57. The number of halogens is 1. The van der Waals surface area contributed by atoms with Gasteiger partial charge in [-0.05, 0) is 55.9 Å². The zero-order valence-electron chi connectivity index (χ0n) is 20.7. The van der Waals surface area contributed by atoms with Crippen LogP contribution in [0.2, 0.25) is 5.02 Å². The number of nitrogens with zero attached hydrogens (tertiary/aromatic N) is 4. The average Bonchev–Trinajstić information content (AvgIpc) is 3.38. The monoisotopic (exact) mass is 500 g/mol. The van der Waals surface area contributed by atoms with Crippen molar-refractivity contribution in [3.05, 3.63) is 47.0 Å². The van der Waals surface area contributed by atoms with Crippen LogP contribution in [-0.2, 0) is 11.3 Å². The van der Waals surface area contributed by atoms with E-state index in [4.69, 9.17) is 11.6 Å². The van der Waals surface area contributed by atoms with Crippen molar-refractivity contribution in [2.24, 2.45) is 5.41 Å². The Hall–Kier alpha value is -3.07. The number of anilines is 1. The summed E-state index contributed by atoms with van der Waals surface area (Å²) in [6, 6.07) is 5.73. The second-order valence-electron chi connectivity index (χ2n) is 9.98. The molecule has 0 unspecified atom stereocenters. The first-order valence-corrected chi connectivity index (χ1v) is 12.4. The summed E-state index contributed by atoms with van der Waals surface area (Å²) in [7, 11) is 0. The summed E-state index contributed by atoms with van der Waals surface area (Å²) >= 11 is 5.92. The molecular formula is C25H33ClN6O3. The number of aromatic nitrogens is 2. The van der Waals surface area contributed by atoms with Crippen LogP contribution in [0.25, 0.3) is 0 Å². The van der Waals surface area contributed by atoms with Crippen LogP contribution in [0.3, 0.4) is 0 Å². The number of nitrogens with one attached hydrogen (secondary N) is 2. The molecule has 35 heavy (non-hydrogen) atoms. The molecule has 0 bridgehead atoms. The van der Waals surface area contributed by atoms with Crippen molar-refractivity contribution in [3.8, 4) is 0 Å². The molecule has 0 saturated carbocycles. The summed E-state index contributed by atoms with van der Waals surface area (Å²) in [5, 5.41) is 6.27. The van der Waals surface area contributed by atoms with E-state index in [1.54, 1.807) is 35.0 Å². The van der Waals surface area contributed by atoms with Crippen molar-refractivity contribution in [1.82, 2.24) is 24.7 Å². The van der Waals surface area contributed by atoms with Gasteiger partial charge in [0.1, 0.15) is 11.9 Å². The molecule has 0 spiro atoms. The number of hydrogen-bond donors (Lipinski definition) is 2. The molecule has 10 heteroatoms. The molecule has 4 amide bonds. The lowest BCUT2D eigenvalue weighted by Crippen LogP contribution is -2.58. The maximum atomic E-state index is 13.6. The summed E-state index contributed by atoms with van der Waals surface area (Å²) in [6.45, 7) is 9.44. The van der Waals surface area contributed by atoms with Gasteiger partial charge in [0.15, 0.2) is 0 Å². The third-order valence-electron chi connectivity index (χ3n) is 7.31. The van der Waals surface area contributed by atoms with Gasteiger partial charge in [0.25, 0.3) is 0 Å². The van der Waals surface area contributed by atoms with E-state index in [0.29, 0.717) is 49.0 Å². The van der Waals surface area contributed by atoms with Crippen LogP contribution in [0.4, 0.5) is 15.3 Å². The lowest BCUT2D eigenvalue weighted by molar-refractivity contribution is -0.137. The van der Waals surface area contributed by atoms with Crippen LogP contribution >= 0.6 is 11.6 Å². The summed E-state index contributed by atoms with van der Waals surface area (Å²) in [5.74, 6) is 0.605. The topological polar surface area (TPSA) is 99.6 Å². The predicted molar refractivity (Wildman–Crippen MR) is 134 cm³/mol. The number of urea groups is 1. The highest BCUT2D eigenvalue weighted by Crippen LogP contribution is 2.30. The molecule has 1 aromatic heterocycles. The quantitative estimate of drug-likeness (QED) is 0.619. The van der Waals surface area contributed by atoms with Crippen LogP contribution in [0.1, 0.15) is 51.6 Å². The number of benzene rings is 1. The van der Waals surface area contributed by atoms with Crippen molar-refractivity contribution in [3.63, 3.8) is 0 Å². The number of hydrogen-bond acceptors (Lipinski definition) is 4. The standard InChI is InChI=1S/C25H33ClN6O3/c1-5-25(3,4)21(29-23(34)28-18-8-6-17(26)7-9-18)22(33)30-12-10-19(11-13-30)31-15-20-14-27-16(2)32(20)24(31)35/h6-9,14,19,21H,5,10-13,15H2,1-4H3,(H2,28,29,34)/t21-/m0/s1. The fourth-order valence-electron chi connectivity index (χ4n) is 4.73. The lowest BCUT2D eigenvalue weighted by atomic mass is 9.80. The number of amides is 4. The highest BCUT2D eigenvalue weighted by molar-refractivity contribution is 6.30. The number of fused-ring (bicyclic) bond motifs is 1. The molecule has 2 aliphatic heterocycles. The molecule has 1 fully saturated rings. The summed E-state index contributed by atoms with van der Waals surface area (Å²) in [5.41, 5.74) is 1.07. The summed E-state index contributed by atoms with van der Waals surface area (Å²) in [6.07, 6.45) is 3.87. The highest BCUT2D eigenvalue weighted by Gasteiger charge is 2.41. The Morgan fingerprint density at radius 2 is 1.86 bits per heavy atom. The Labute approximate surface area is 210 Å². The van der Waals surface area contributed by atoms with E-state index in [9.17, 15) is 14.4 Å². The molecule has 4 rings (SSSR count). The van der Waals surface area contributed by atoms with Gasteiger partial charge >= 0.3 is 12.1 Å². The van der Waals surface area contributed by atoms with Gasteiger partial charge in [-0.1, -0.05) is 32.4 Å². The molecule has 2 N–H and O–H groups in total. The van der Waals surface area contributed by atoms with Gasteiger partial charge in [0.05, 0.1) is 18.4 Å². The molecule has 1 aromatic carbocycles. The number of aryl methyl sites for hydroxylation is 1. The first-order chi connectivity index (χ1) is 16.6. The second-order valence-corrected chi connectivity index (χ2v) is 10.4. The van der Waals surface area contributed by atoms with Crippen LogP contribution in [0.5, 0.6) is 0 Å². The summed E-state index contributed by atoms with van der Waals surface area (Å²) < 4.78 is 1.67. The van der Waals surface area contributed by atoms with E-state index in [1.807, 2.05) is 37.5 Å². The van der Waals surface area contributed by atoms with E-state index in [0.717, 1.165) is 12.1 Å². The molecular weight excluding hydrogens is 468 g/mol. The zero-order chi connectivity index (χ0) is 25.3. The van der Waals surface area contributed by atoms with Crippen molar-refractivity contribution >= 4 is 35.3 Å². The predicted octanol–water partition coefficient (Wildman–Crippen LogP) is 4.25. The maximum absolute atomic E-state index is 13.6. The normalized spacial score (nSPS) is 17.3. The average molecular weight is 501 g/mol. The highest BCUT2D eigenvalue weighted by atomic mass is 35.5. The second kappa shape index (κ2) is 9.89. The van der Waals surface area contributed by atoms with Crippen molar-refractivity contribution in [2.75, 3.05) is 18.4 Å². The van der Waals surface area contributed by atoms with Gasteiger partial charge in [-0.25, -0.2) is 14.6 Å². The SMILES string of the molecule is CCC(C)(C)[C@@H](NC(=O)Nc1ccc(Cl)cc1)C(=O)N1CCC(N2Cc3cnc(C)n3C2=O)CC1. The number of likely N-dealkylation sites (tertiary alicyclic amines) is 1. The molecule has 9 nitrogen and oxygen atoms in total. The first kappa shape index (κ1) is 25.0. The molecule has 0 radical (unpaired) electrons. The maximum Gasteiger partial charge on any atom is 0.330 e. The first-order valence-electron chi connectivity index (χ1n) is 12.1. The number of imidazole rings is 1. The molecule has 0 aliphatic carbocycles. The van der Waals surface area contributed by atoms with E-state index >= 15 is 0 Å². The molecule has 1 saturated heterocycles. The van der Waals surface area contributed by atoms with Crippen molar-refractivity contribution in [1.29, 1.82) is 0 Å². The fraction of sp³-hybridized carbons (Fsp3) is 0.520. The van der Waals surface area contributed by atoms with Gasteiger partial charge in [-0.2, -0.15) is 0 Å². The molecule has 2 aliphatic rings. The molecule has 188 valence electrons. The Morgan fingerprint density at radius 1 is 1.20 bits per heavy atom. The summed E-state index contributed by atoms with van der Waals surface area (Å²) in [4.78, 5) is 47.1. The minimum absolute atomic E-state index is 0.0368. The van der Waals surface area contributed by atoms with Gasteiger partial charge in [0, 0.05) is 29.8 Å². The van der Waals surface area contributed by atoms with E-state index in [2.05, 4.69) is 15.6 Å². The molecule has 2 aromatic rings. The number of carbonyl (C=O) groups is 3. The van der Waals surface area contributed by atoms with Crippen molar-refractivity contribution in [2.45, 2.75) is 65.6 Å². The zero-order valence-corrected chi connectivity index (χ0v) is 21.4. The smallest absolute Gasteiger partial charge is 0.330 e. The van der Waals surface area contributed by atoms with Gasteiger partial charge in [-0.3, -0.25) is 9.36 Å². The number of piperidine rings is 1.